The van der Waals surface area contributed by atoms with Gasteiger partial charge < -0.3 is 24.4 Å². The molecular formula is C17H22N2O6. The number of benzene rings is 1. The van der Waals surface area contributed by atoms with Crippen LogP contribution in [0, 0.1) is 0 Å². The normalized spacial score (nSPS) is 16.2. The van der Waals surface area contributed by atoms with Gasteiger partial charge in [0.25, 0.3) is 5.91 Å². The van der Waals surface area contributed by atoms with Gasteiger partial charge in [-0.2, -0.15) is 0 Å². The Morgan fingerprint density at radius 1 is 1.36 bits per heavy atom. The highest BCUT2D eigenvalue weighted by Gasteiger charge is 2.26. The molecule has 1 atom stereocenters. The highest BCUT2D eigenvalue weighted by Crippen LogP contribution is 2.16. The van der Waals surface area contributed by atoms with E-state index in [9.17, 15) is 14.4 Å². The fraction of sp³-hybridized carbons (Fsp3) is 0.471. The van der Waals surface area contributed by atoms with Crippen LogP contribution in [0.2, 0.25) is 0 Å². The number of ether oxygens (including phenoxy) is 3. The molecule has 25 heavy (non-hydrogen) atoms. The van der Waals surface area contributed by atoms with Gasteiger partial charge in [0, 0.05) is 25.4 Å². The van der Waals surface area contributed by atoms with E-state index in [-0.39, 0.29) is 12.5 Å². The minimum Gasteiger partial charge on any atom is -0.497 e. The van der Waals surface area contributed by atoms with Crippen LogP contribution >= 0.6 is 0 Å². The van der Waals surface area contributed by atoms with Gasteiger partial charge in [0.2, 0.25) is 5.91 Å². The summed E-state index contributed by atoms with van der Waals surface area (Å²) in [5, 5.41) is 2.67. The SMILES string of the molecule is COc1cccc(NC(=O)CN(C)C(=O)COC(=O)[C@@H]2CCCO2)c1. The standard InChI is InChI=1S/C17H22N2O6/c1-19(16(21)11-25-17(22)14-7-4-8-24-14)10-15(20)18-12-5-3-6-13(9-12)23-2/h3,5-6,9,14H,4,7-8,10-11H2,1-2H3,(H,18,20)/t14-/m0/s1. The van der Waals surface area contributed by atoms with Crippen LogP contribution in [0.15, 0.2) is 24.3 Å². The lowest BCUT2D eigenvalue weighted by atomic mass is 10.2. The summed E-state index contributed by atoms with van der Waals surface area (Å²) in [5.41, 5.74) is 0.565. The van der Waals surface area contributed by atoms with Gasteiger partial charge in [-0.1, -0.05) is 6.07 Å². The molecule has 1 N–H and O–H groups in total. The van der Waals surface area contributed by atoms with Crippen LogP contribution in [0.5, 0.6) is 5.75 Å². The molecule has 0 bridgehead atoms. The maximum atomic E-state index is 12.0. The van der Waals surface area contributed by atoms with E-state index in [1.54, 1.807) is 24.3 Å². The van der Waals surface area contributed by atoms with Crippen molar-refractivity contribution in [2.24, 2.45) is 0 Å². The second kappa shape index (κ2) is 9.03. The van der Waals surface area contributed by atoms with Gasteiger partial charge in [0.05, 0.1) is 13.7 Å². The lowest BCUT2D eigenvalue weighted by molar-refractivity contribution is -0.159. The molecule has 1 aliphatic heterocycles. The fourth-order valence-electron chi connectivity index (χ4n) is 2.30. The number of carbonyl (C=O) groups excluding carboxylic acids is 3. The number of likely N-dealkylation sites (N-methyl/N-ethyl adjacent to an activating group) is 1. The van der Waals surface area contributed by atoms with Crippen LogP contribution < -0.4 is 10.1 Å². The quantitative estimate of drug-likeness (QED) is 0.732. The third kappa shape index (κ3) is 5.75. The van der Waals surface area contributed by atoms with E-state index >= 15 is 0 Å². The van der Waals surface area contributed by atoms with Gasteiger partial charge in [-0.15, -0.1) is 0 Å². The van der Waals surface area contributed by atoms with Crippen LogP contribution in [0.1, 0.15) is 12.8 Å². The summed E-state index contributed by atoms with van der Waals surface area (Å²) in [5.74, 6) is -0.759. The maximum absolute atomic E-state index is 12.0. The van der Waals surface area contributed by atoms with Gasteiger partial charge in [0.1, 0.15) is 5.75 Å². The monoisotopic (exact) mass is 350 g/mol. The molecule has 0 spiro atoms. The van der Waals surface area contributed by atoms with Gasteiger partial charge in [-0.3, -0.25) is 9.59 Å². The van der Waals surface area contributed by atoms with E-state index < -0.39 is 24.6 Å². The fourth-order valence-corrected chi connectivity index (χ4v) is 2.30. The average molecular weight is 350 g/mol. The zero-order chi connectivity index (χ0) is 18.2. The van der Waals surface area contributed by atoms with E-state index in [0.29, 0.717) is 24.5 Å². The molecule has 0 radical (unpaired) electrons. The number of hydrogen-bond acceptors (Lipinski definition) is 6. The Morgan fingerprint density at radius 2 is 2.16 bits per heavy atom. The number of esters is 1. The summed E-state index contributed by atoms with van der Waals surface area (Å²) >= 11 is 0. The molecule has 0 saturated carbocycles. The number of rotatable bonds is 7. The van der Waals surface area contributed by atoms with E-state index in [1.165, 1.54) is 19.1 Å². The molecule has 1 saturated heterocycles. The van der Waals surface area contributed by atoms with Crippen LogP contribution in [0.3, 0.4) is 0 Å². The Morgan fingerprint density at radius 3 is 2.84 bits per heavy atom. The summed E-state index contributed by atoms with van der Waals surface area (Å²) in [6, 6.07) is 6.89. The van der Waals surface area contributed by atoms with Crippen LogP contribution in [0.25, 0.3) is 0 Å². The first kappa shape index (κ1) is 18.7. The molecule has 2 rings (SSSR count). The number of methoxy groups -OCH3 is 1. The topological polar surface area (TPSA) is 94.2 Å². The van der Waals surface area contributed by atoms with Crippen molar-refractivity contribution in [3.63, 3.8) is 0 Å². The second-order valence-corrected chi connectivity index (χ2v) is 5.64. The Balaban J connectivity index is 1.75. The molecular weight excluding hydrogens is 328 g/mol. The molecule has 2 amide bonds. The minimum absolute atomic E-state index is 0.159. The van der Waals surface area contributed by atoms with Gasteiger partial charge >= 0.3 is 5.97 Å². The lowest BCUT2D eigenvalue weighted by Crippen LogP contribution is -2.38. The number of anilines is 1. The number of nitrogens with one attached hydrogen (secondary N) is 1. The van der Waals surface area contributed by atoms with Crippen LogP contribution in [0.4, 0.5) is 5.69 Å². The van der Waals surface area contributed by atoms with Crippen molar-refractivity contribution in [1.82, 2.24) is 4.90 Å². The van der Waals surface area contributed by atoms with Crippen molar-refractivity contribution in [3.05, 3.63) is 24.3 Å². The highest BCUT2D eigenvalue weighted by atomic mass is 16.6. The van der Waals surface area contributed by atoms with E-state index in [0.717, 1.165) is 6.42 Å². The summed E-state index contributed by atoms with van der Waals surface area (Å²) in [6.45, 7) is -0.0484. The van der Waals surface area contributed by atoms with Gasteiger partial charge in [0.15, 0.2) is 12.7 Å². The summed E-state index contributed by atoms with van der Waals surface area (Å²) in [7, 11) is 3.00. The van der Waals surface area contributed by atoms with Crippen molar-refractivity contribution in [2.45, 2.75) is 18.9 Å². The van der Waals surface area contributed by atoms with Crippen LogP contribution in [-0.4, -0.2) is 62.7 Å². The predicted molar refractivity (Wildman–Crippen MR) is 89.2 cm³/mol. The van der Waals surface area contributed by atoms with E-state index in [4.69, 9.17) is 14.2 Å². The number of carbonyl (C=O) groups is 3. The van der Waals surface area contributed by atoms with E-state index in [2.05, 4.69) is 5.32 Å². The molecule has 0 unspecified atom stereocenters. The average Bonchev–Trinajstić information content (AvgIpc) is 3.14. The van der Waals surface area contributed by atoms with E-state index in [1.807, 2.05) is 0 Å². The Labute approximate surface area is 146 Å². The molecule has 1 heterocycles. The third-order valence-electron chi connectivity index (χ3n) is 3.69. The molecule has 0 aliphatic carbocycles. The highest BCUT2D eigenvalue weighted by molar-refractivity contribution is 5.95. The molecule has 8 heteroatoms. The minimum atomic E-state index is -0.588. The first-order valence-corrected chi connectivity index (χ1v) is 7.95. The molecule has 8 nitrogen and oxygen atoms in total. The molecule has 1 aromatic carbocycles. The van der Waals surface area contributed by atoms with Crippen molar-refractivity contribution < 1.29 is 28.6 Å². The molecule has 1 aromatic rings. The number of amides is 2. The zero-order valence-electron chi connectivity index (χ0n) is 14.3. The second-order valence-electron chi connectivity index (χ2n) is 5.64. The number of hydrogen-bond donors (Lipinski definition) is 1. The third-order valence-corrected chi connectivity index (χ3v) is 3.69. The van der Waals surface area contributed by atoms with Crippen molar-refractivity contribution in [3.8, 4) is 5.75 Å². The first-order chi connectivity index (χ1) is 12.0. The number of nitrogens with zero attached hydrogens (tertiary/aromatic N) is 1. The summed E-state index contributed by atoms with van der Waals surface area (Å²) in [4.78, 5) is 36.8. The Hall–Kier alpha value is -2.61. The predicted octanol–water partition coefficient (Wildman–Crippen LogP) is 0.814. The largest absolute Gasteiger partial charge is 0.497 e. The van der Waals surface area contributed by atoms with Gasteiger partial charge in [-0.05, 0) is 25.0 Å². The molecule has 136 valence electrons. The Kier molecular flexibility index (Phi) is 6.76. The first-order valence-electron chi connectivity index (χ1n) is 7.95. The molecule has 0 aromatic heterocycles. The zero-order valence-corrected chi connectivity index (χ0v) is 14.3. The Bertz CT molecular complexity index is 627. The summed E-state index contributed by atoms with van der Waals surface area (Å²) in [6.07, 6.45) is 0.818. The van der Waals surface area contributed by atoms with Crippen LogP contribution in [-0.2, 0) is 23.9 Å². The van der Waals surface area contributed by atoms with Crippen molar-refractivity contribution >= 4 is 23.5 Å². The van der Waals surface area contributed by atoms with Crippen molar-refractivity contribution in [1.29, 1.82) is 0 Å². The lowest BCUT2D eigenvalue weighted by Gasteiger charge is -2.17. The smallest absolute Gasteiger partial charge is 0.335 e. The maximum Gasteiger partial charge on any atom is 0.335 e. The van der Waals surface area contributed by atoms with Crippen molar-refractivity contribution in [2.75, 3.05) is 39.2 Å². The molecule has 1 aliphatic rings. The molecule has 1 fully saturated rings. The summed E-state index contributed by atoms with van der Waals surface area (Å²) < 4.78 is 15.2. The van der Waals surface area contributed by atoms with Gasteiger partial charge in [-0.25, -0.2) is 4.79 Å².